The number of pyridine rings is 1. The summed E-state index contributed by atoms with van der Waals surface area (Å²) in [6, 6.07) is 9.37. The van der Waals surface area contributed by atoms with E-state index in [1.165, 1.54) is 4.68 Å². The molecular formula is C15H16FN5. The molecule has 2 aromatic heterocycles. The van der Waals surface area contributed by atoms with Gasteiger partial charge in [-0.3, -0.25) is 0 Å². The van der Waals surface area contributed by atoms with Crippen molar-refractivity contribution < 1.29 is 4.39 Å². The van der Waals surface area contributed by atoms with Crippen LogP contribution in [0.5, 0.6) is 0 Å². The van der Waals surface area contributed by atoms with Crippen molar-refractivity contribution >= 4 is 11.0 Å². The molecule has 3 aromatic rings. The molecule has 0 atom stereocenters. The highest BCUT2D eigenvalue weighted by molar-refractivity contribution is 5.75. The summed E-state index contributed by atoms with van der Waals surface area (Å²) >= 11 is 0. The highest BCUT2D eigenvalue weighted by atomic mass is 19.1. The second kappa shape index (κ2) is 5.57. The first-order chi connectivity index (χ1) is 10.2. The van der Waals surface area contributed by atoms with E-state index in [0.29, 0.717) is 17.6 Å². The van der Waals surface area contributed by atoms with Gasteiger partial charge in [0.05, 0.1) is 5.52 Å². The van der Waals surface area contributed by atoms with Crippen molar-refractivity contribution in [2.24, 2.45) is 0 Å². The molecule has 0 radical (unpaired) electrons. The Bertz CT molecular complexity index is 766. The van der Waals surface area contributed by atoms with Crippen molar-refractivity contribution in [3.63, 3.8) is 0 Å². The van der Waals surface area contributed by atoms with Gasteiger partial charge in [0.25, 0.3) is 0 Å². The molecule has 3 rings (SSSR count). The lowest BCUT2D eigenvalue weighted by atomic mass is 10.2. The Morgan fingerprint density at radius 1 is 1.24 bits per heavy atom. The van der Waals surface area contributed by atoms with Gasteiger partial charge in [-0.15, -0.1) is 5.10 Å². The van der Waals surface area contributed by atoms with Crippen LogP contribution < -0.4 is 5.32 Å². The summed E-state index contributed by atoms with van der Waals surface area (Å²) in [5.74, 6) is -0.201. The van der Waals surface area contributed by atoms with Gasteiger partial charge in [0.1, 0.15) is 5.52 Å². The van der Waals surface area contributed by atoms with Gasteiger partial charge in [0.15, 0.2) is 11.6 Å². The minimum absolute atomic E-state index is 0.173. The minimum Gasteiger partial charge on any atom is -0.310 e. The Hall–Kier alpha value is -2.34. The van der Waals surface area contributed by atoms with Crippen LogP contribution >= 0.6 is 0 Å². The zero-order valence-electron chi connectivity index (χ0n) is 11.9. The number of nitrogens with zero attached hydrogens (tertiary/aromatic N) is 4. The summed E-state index contributed by atoms with van der Waals surface area (Å²) in [4.78, 5) is 4.12. The topological polar surface area (TPSA) is 55.6 Å². The van der Waals surface area contributed by atoms with E-state index in [4.69, 9.17) is 0 Å². The molecule has 5 nitrogen and oxygen atoms in total. The molecule has 108 valence electrons. The summed E-state index contributed by atoms with van der Waals surface area (Å²) in [6.45, 7) is 4.49. The summed E-state index contributed by atoms with van der Waals surface area (Å²) in [5.41, 5.74) is 2.01. The highest BCUT2D eigenvalue weighted by Gasteiger charge is 2.15. The van der Waals surface area contributed by atoms with Crippen LogP contribution in [0, 0.1) is 5.82 Å². The third-order valence-electron chi connectivity index (χ3n) is 3.20. The number of fused-ring (bicyclic) bond motifs is 1. The largest absolute Gasteiger partial charge is 0.310 e. The zero-order chi connectivity index (χ0) is 14.8. The number of halogens is 1. The standard InChI is InChI=1S/C15H16FN5/c1-10(2)18-9-11-7-8-17-15(14(11)16)21-13-6-4-3-5-12(13)19-20-21/h3-8,10,18H,9H2,1-2H3. The molecule has 0 aliphatic rings. The van der Waals surface area contributed by atoms with E-state index in [1.807, 2.05) is 38.1 Å². The van der Waals surface area contributed by atoms with Crippen LogP contribution in [0.2, 0.25) is 0 Å². The quantitative estimate of drug-likeness (QED) is 0.800. The van der Waals surface area contributed by atoms with Gasteiger partial charge in [0.2, 0.25) is 0 Å². The van der Waals surface area contributed by atoms with Crippen LogP contribution in [0.4, 0.5) is 4.39 Å². The van der Waals surface area contributed by atoms with Crippen LogP contribution in [-0.2, 0) is 6.54 Å². The van der Waals surface area contributed by atoms with Gasteiger partial charge < -0.3 is 5.32 Å². The summed E-state index contributed by atoms with van der Waals surface area (Å²) in [7, 11) is 0. The number of rotatable bonds is 4. The zero-order valence-corrected chi connectivity index (χ0v) is 11.9. The number of hydrogen-bond acceptors (Lipinski definition) is 4. The Labute approximate surface area is 121 Å². The molecule has 0 fully saturated rings. The molecule has 0 unspecified atom stereocenters. The first-order valence-corrected chi connectivity index (χ1v) is 6.84. The minimum atomic E-state index is -0.374. The van der Waals surface area contributed by atoms with E-state index in [-0.39, 0.29) is 17.7 Å². The molecule has 0 amide bonds. The van der Waals surface area contributed by atoms with Crippen LogP contribution in [0.1, 0.15) is 19.4 Å². The van der Waals surface area contributed by atoms with E-state index in [1.54, 1.807) is 12.3 Å². The lowest BCUT2D eigenvalue weighted by Crippen LogP contribution is -2.23. The van der Waals surface area contributed by atoms with Crippen molar-refractivity contribution in [3.05, 3.63) is 47.9 Å². The fourth-order valence-electron chi connectivity index (χ4n) is 2.09. The van der Waals surface area contributed by atoms with Crippen molar-refractivity contribution in [2.45, 2.75) is 26.4 Å². The maximum Gasteiger partial charge on any atom is 0.192 e. The van der Waals surface area contributed by atoms with Crippen molar-refractivity contribution in [1.29, 1.82) is 0 Å². The van der Waals surface area contributed by atoms with Crippen LogP contribution in [0.3, 0.4) is 0 Å². The monoisotopic (exact) mass is 285 g/mol. The highest BCUT2D eigenvalue weighted by Crippen LogP contribution is 2.18. The molecule has 2 heterocycles. The lowest BCUT2D eigenvalue weighted by Gasteiger charge is -2.10. The molecule has 1 aromatic carbocycles. The third kappa shape index (κ3) is 2.62. The van der Waals surface area contributed by atoms with E-state index >= 15 is 0 Å². The Kier molecular flexibility index (Phi) is 3.62. The van der Waals surface area contributed by atoms with Gasteiger partial charge in [0, 0.05) is 24.3 Å². The average Bonchev–Trinajstić information content (AvgIpc) is 2.90. The first kappa shape index (κ1) is 13.6. The molecule has 0 bridgehead atoms. The van der Waals surface area contributed by atoms with Crippen LogP contribution in [-0.4, -0.2) is 26.0 Å². The molecular weight excluding hydrogens is 269 g/mol. The predicted octanol–water partition coefficient (Wildman–Crippen LogP) is 2.45. The van der Waals surface area contributed by atoms with Crippen molar-refractivity contribution in [2.75, 3.05) is 0 Å². The Balaban J connectivity index is 2.04. The predicted molar refractivity (Wildman–Crippen MR) is 78.6 cm³/mol. The van der Waals surface area contributed by atoms with Crippen LogP contribution in [0.25, 0.3) is 16.9 Å². The molecule has 0 spiro atoms. The molecule has 0 aliphatic carbocycles. The second-order valence-corrected chi connectivity index (χ2v) is 5.13. The molecule has 6 heteroatoms. The number of benzene rings is 1. The Morgan fingerprint density at radius 2 is 2.05 bits per heavy atom. The maximum atomic E-state index is 14.6. The van der Waals surface area contributed by atoms with Crippen LogP contribution in [0.15, 0.2) is 36.5 Å². The lowest BCUT2D eigenvalue weighted by molar-refractivity contribution is 0.542. The number of para-hydroxylation sites is 1. The average molecular weight is 285 g/mol. The smallest absolute Gasteiger partial charge is 0.192 e. The van der Waals surface area contributed by atoms with E-state index in [9.17, 15) is 4.39 Å². The van der Waals surface area contributed by atoms with Crippen molar-refractivity contribution in [3.8, 4) is 5.82 Å². The van der Waals surface area contributed by atoms with Crippen molar-refractivity contribution in [1.82, 2.24) is 25.3 Å². The first-order valence-electron chi connectivity index (χ1n) is 6.84. The van der Waals surface area contributed by atoms with Gasteiger partial charge in [-0.2, -0.15) is 4.68 Å². The molecule has 0 saturated heterocycles. The SMILES string of the molecule is CC(C)NCc1ccnc(-n2nnc3ccccc32)c1F. The van der Waals surface area contributed by atoms with E-state index in [0.717, 1.165) is 5.52 Å². The number of aromatic nitrogens is 4. The summed E-state index contributed by atoms with van der Waals surface area (Å²) < 4.78 is 16.1. The van der Waals surface area contributed by atoms with Gasteiger partial charge >= 0.3 is 0 Å². The molecule has 0 saturated carbocycles. The summed E-state index contributed by atoms with van der Waals surface area (Å²) in [5, 5.41) is 11.2. The molecule has 1 N–H and O–H groups in total. The maximum absolute atomic E-state index is 14.6. The fraction of sp³-hybridized carbons (Fsp3) is 0.267. The molecule has 0 aliphatic heterocycles. The fourth-order valence-corrected chi connectivity index (χ4v) is 2.09. The second-order valence-electron chi connectivity index (χ2n) is 5.13. The third-order valence-corrected chi connectivity index (χ3v) is 3.20. The van der Waals surface area contributed by atoms with E-state index in [2.05, 4.69) is 20.6 Å². The normalized spacial score (nSPS) is 11.4. The van der Waals surface area contributed by atoms with E-state index < -0.39 is 0 Å². The van der Waals surface area contributed by atoms with Gasteiger partial charge in [-0.25, -0.2) is 9.37 Å². The molecule has 21 heavy (non-hydrogen) atoms. The van der Waals surface area contributed by atoms with Gasteiger partial charge in [-0.1, -0.05) is 31.2 Å². The summed E-state index contributed by atoms with van der Waals surface area (Å²) in [6.07, 6.45) is 1.59. The Morgan fingerprint density at radius 3 is 2.86 bits per heavy atom. The van der Waals surface area contributed by atoms with Gasteiger partial charge in [-0.05, 0) is 18.2 Å². The number of hydrogen-bond donors (Lipinski definition) is 1. The number of nitrogens with one attached hydrogen (secondary N) is 1.